The summed E-state index contributed by atoms with van der Waals surface area (Å²) in [4.78, 5) is 24.9. The van der Waals surface area contributed by atoms with Crippen molar-refractivity contribution in [2.75, 3.05) is 6.61 Å². The second-order valence-corrected chi connectivity index (χ2v) is 7.28. The van der Waals surface area contributed by atoms with Crippen LogP contribution in [0.2, 0.25) is 0 Å². The molecule has 0 spiro atoms. The molecule has 10 heteroatoms. The van der Waals surface area contributed by atoms with E-state index in [2.05, 4.69) is 11.9 Å². The minimum Gasteiger partial charge on any atom is -0.490 e. The van der Waals surface area contributed by atoms with Crippen LogP contribution < -0.4 is 15.4 Å². The summed E-state index contributed by atoms with van der Waals surface area (Å²) in [6, 6.07) is 6.07. The number of urea groups is 1. The number of rotatable bonds is 6. The second kappa shape index (κ2) is 7.88. The number of carbonyl (C=O) groups is 2. The number of thiophene rings is 1. The van der Waals surface area contributed by atoms with Crippen molar-refractivity contribution in [3.63, 3.8) is 0 Å². The van der Waals surface area contributed by atoms with Gasteiger partial charge in [0.25, 0.3) is 0 Å². The zero-order chi connectivity index (χ0) is 21.2. The van der Waals surface area contributed by atoms with Gasteiger partial charge in [0.2, 0.25) is 5.72 Å². The molecule has 1 aromatic heterocycles. The van der Waals surface area contributed by atoms with Crippen molar-refractivity contribution in [3.05, 3.63) is 64.9 Å². The van der Waals surface area contributed by atoms with Gasteiger partial charge in [0.15, 0.2) is 5.78 Å². The van der Waals surface area contributed by atoms with Gasteiger partial charge in [-0.05, 0) is 29.1 Å². The number of nitrogens with one attached hydrogen (secondary N) is 2. The molecule has 6 nitrogen and oxygen atoms in total. The van der Waals surface area contributed by atoms with Crippen molar-refractivity contribution in [3.8, 4) is 5.75 Å². The lowest BCUT2D eigenvalue weighted by Gasteiger charge is -2.44. The summed E-state index contributed by atoms with van der Waals surface area (Å²) in [5.74, 6) is -2.55. The minimum absolute atomic E-state index is 0.0339. The molecule has 1 aromatic carbocycles. The number of carbonyl (C=O) groups excluding carboxylic acids is 2. The lowest BCUT2D eigenvalue weighted by atomic mass is 9.78. The number of ether oxygens (including phenoxy) is 1. The van der Waals surface area contributed by atoms with Crippen LogP contribution in [0.1, 0.15) is 21.3 Å². The third-order valence-corrected chi connectivity index (χ3v) is 5.34. The summed E-state index contributed by atoms with van der Waals surface area (Å²) in [6.07, 6.45) is -3.76. The second-order valence-electron chi connectivity index (χ2n) is 6.33. The van der Waals surface area contributed by atoms with Gasteiger partial charge in [-0.15, -0.1) is 11.3 Å². The molecule has 3 atom stereocenters. The van der Waals surface area contributed by atoms with Crippen LogP contribution in [0.4, 0.5) is 18.0 Å². The number of alkyl halides is 3. The van der Waals surface area contributed by atoms with Crippen LogP contribution in [0.5, 0.6) is 5.75 Å². The van der Waals surface area contributed by atoms with Gasteiger partial charge in [-0.1, -0.05) is 30.9 Å². The maximum Gasteiger partial charge on any atom is 0.437 e. The molecule has 1 saturated heterocycles. The molecule has 154 valence electrons. The predicted molar refractivity (Wildman–Crippen MR) is 99.7 cm³/mol. The third-order valence-electron chi connectivity index (χ3n) is 4.46. The van der Waals surface area contributed by atoms with Gasteiger partial charge >= 0.3 is 12.2 Å². The number of benzene rings is 1. The summed E-state index contributed by atoms with van der Waals surface area (Å²) in [5, 5.41) is 15.8. The molecule has 0 radical (unpaired) electrons. The Hall–Kier alpha value is -2.85. The maximum absolute atomic E-state index is 13.8. The lowest BCUT2D eigenvalue weighted by Crippen LogP contribution is -2.72. The molecule has 1 fully saturated rings. The smallest absolute Gasteiger partial charge is 0.437 e. The van der Waals surface area contributed by atoms with E-state index in [1.165, 1.54) is 53.2 Å². The first-order chi connectivity index (χ1) is 13.7. The standard InChI is InChI=1S/C19H17F3N2O4S/c1-2-9-28-12-7-5-11(6-8-12)15-14(16(25)13-4-3-10-29-13)18(27,19(20,21)22)24-17(26)23-15/h2-8,10,14-15,27H,1,9H2,(H2,23,24,26)/t14-,15+,18-/m0/s1. The van der Waals surface area contributed by atoms with Gasteiger partial charge in [0.05, 0.1) is 10.9 Å². The third kappa shape index (κ3) is 3.99. The van der Waals surface area contributed by atoms with Crippen molar-refractivity contribution >= 4 is 23.2 Å². The average molecular weight is 426 g/mol. The summed E-state index contributed by atoms with van der Waals surface area (Å²) < 4.78 is 46.7. The fraction of sp³-hybridized carbons (Fsp3) is 0.263. The normalized spacial score (nSPS) is 24.3. The fourth-order valence-corrected chi connectivity index (χ4v) is 3.82. The summed E-state index contributed by atoms with van der Waals surface area (Å²) in [5.41, 5.74) is -3.53. The first-order valence-electron chi connectivity index (χ1n) is 8.46. The van der Waals surface area contributed by atoms with Crippen molar-refractivity contribution in [1.82, 2.24) is 10.6 Å². The molecular weight excluding hydrogens is 409 g/mol. The number of ketones is 1. The van der Waals surface area contributed by atoms with Gasteiger partial charge < -0.3 is 20.5 Å². The van der Waals surface area contributed by atoms with E-state index in [0.717, 1.165) is 11.3 Å². The summed E-state index contributed by atoms with van der Waals surface area (Å²) in [7, 11) is 0. The molecule has 2 aromatic rings. The molecule has 0 saturated carbocycles. The highest BCUT2D eigenvalue weighted by Gasteiger charge is 2.66. The van der Waals surface area contributed by atoms with E-state index in [-0.39, 0.29) is 17.0 Å². The molecule has 2 amide bonds. The van der Waals surface area contributed by atoms with Crippen molar-refractivity contribution in [2.45, 2.75) is 17.9 Å². The number of aliphatic hydroxyl groups is 1. The highest BCUT2D eigenvalue weighted by molar-refractivity contribution is 7.12. The number of amides is 2. The molecule has 0 aliphatic carbocycles. The SMILES string of the molecule is C=CCOc1ccc([C@H]2NC(=O)N[C@@](O)(C(F)(F)F)[C@@H]2C(=O)c2cccs2)cc1. The van der Waals surface area contributed by atoms with E-state index in [4.69, 9.17) is 4.74 Å². The fourth-order valence-electron chi connectivity index (χ4n) is 3.12. The lowest BCUT2D eigenvalue weighted by molar-refractivity contribution is -0.287. The number of halogens is 3. The Morgan fingerprint density at radius 3 is 2.55 bits per heavy atom. The Bertz CT molecular complexity index is 899. The van der Waals surface area contributed by atoms with Crippen molar-refractivity contribution < 1.29 is 32.6 Å². The van der Waals surface area contributed by atoms with Crippen LogP contribution in [-0.4, -0.2) is 35.4 Å². The molecule has 1 aliphatic rings. The first kappa shape index (κ1) is 20.9. The van der Waals surface area contributed by atoms with Crippen LogP contribution >= 0.6 is 11.3 Å². The highest BCUT2D eigenvalue weighted by atomic mass is 32.1. The van der Waals surface area contributed by atoms with Gasteiger partial charge in [-0.25, -0.2) is 4.79 Å². The molecule has 0 bridgehead atoms. The van der Waals surface area contributed by atoms with Crippen LogP contribution in [-0.2, 0) is 0 Å². The molecule has 0 unspecified atom stereocenters. The van der Waals surface area contributed by atoms with Crippen molar-refractivity contribution in [2.24, 2.45) is 5.92 Å². The number of hydrogen-bond donors (Lipinski definition) is 3. The zero-order valence-corrected chi connectivity index (χ0v) is 15.7. The van der Waals surface area contributed by atoms with Gasteiger partial charge in [-0.3, -0.25) is 4.79 Å². The largest absolute Gasteiger partial charge is 0.490 e. The molecular formula is C19H17F3N2O4S. The number of Topliss-reactive ketones (excluding diaryl/α,β-unsaturated/α-hetero) is 1. The Morgan fingerprint density at radius 1 is 1.31 bits per heavy atom. The van der Waals surface area contributed by atoms with Crippen LogP contribution in [0.3, 0.4) is 0 Å². The van der Waals surface area contributed by atoms with E-state index in [9.17, 15) is 27.9 Å². The molecule has 2 heterocycles. The highest BCUT2D eigenvalue weighted by Crippen LogP contribution is 2.44. The summed E-state index contributed by atoms with van der Waals surface area (Å²) in [6.45, 7) is 3.75. The Morgan fingerprint density at radius 2 is 2.00 bits per heavy atom. The average Bonchev–Trinajstić information content (AvgIpc) is 3.20. The topological polar surface area (TPSA) is 87.7 Å². The molecule has 29 heavy (non-hydrogen) atoms. The van der Waals surface area contributed by atoms with Gasteiger partial charge in [0.1, 0.15) is 18.3 Å². The molecule has 1 aliphatic heterocycles. The quantitative estimate of drug-likeness (QED) is 0.488. The van der Waals surface area contributed by atoms with Crippen LogP contribution in [0.15, 0.2) is 54.4 Å². The van der Waals surface area contributed by atoms with E-state index in [1.807, 2.05) is 0 Å². The maximum atomic E-state index is 13.8. The van der Waals surface area contributed by atoms with E-state index in [0.29, 0.717) is 5.75 Å². The molecule has 3 N–H and O–H groups in total. The Kier molecular flexibility index (Phi) is 5.67. The van der Waals surface area contributed by atoms with E-state index >= 15 is 0 Å². The van der Waals surface area contributed by atoms with Crippen LogP contribution in [0, 0.1) is 5.92 Å². The van der Waals surface area contributed by atoms with Gasteiger partial charge in [0, 0.05) is 0 Å². The predicted octanol–water partition coefficient (Wildman–Crippen LogP) is 3.42. The Labute approximate surface area is 168 Å². The number of hydrogen-bond acceptors (Lipinski definition) is 5. The zero-order valence-electron chi connectivity index (χ0n) is 14.9. The van der Waals surface area contributed by atoms with Crippen molar-refractivity contribution in [1.29, 1.82) is 0 Å². The first-order valence-corrected chi connectivity index (χ1v) is 9.34. The molecule has 3 rings (SSSR count). The monoisotopic (exact) mass is 426 g/mol. The van der Waals surface area contributed by atoms with E-state index in [1.54, 1.807) is 0 Å². The van der Waals surface area contributed by atoms with E-state index < -0.39 is 35.7 Å². The summed E-state index contributed by atoms with van der Waals surface area (Å²) >= 11 is 0.948. The minimum atomic E-state index is -5.28. The van der Waals surface area contributed by atoms with Crippen LogP contribution in [0.25, 0.3) is 0 Å². The Balaban J connectivity index is 2.05. The van der Waals surface area contributed by atoms with Gasteiger partial charge in [-0.2, -0.15) is 13.2 Å².